The van der Waals surface area contributed by atoms with Crippen LogP contribution in [0.5, 0.6) is 0 Å². The van der Waals surface area contributed by atoms with Crippen LogP contribution in [0.1, 0.15) is 34.1 Å². The van der Waals surface area contributed by atoms with Crippen molar-refractivity contribution in [3.05, 3.63) is 58.8 Å². The van der Waals surface area contributed by atoms with Crippen molar-refractivity contribution in [3.8, 4) is 0 Å². The number of hydrogen-bond acceptors (Lipinski definition) is 5. The van der Waals surface area contributed by atoms with E-state index < -0.39 is 0 Å². The molecule has 1 aromatic heterocycles. The van der Waals surface area contributed by atoms with Gasteiger partial charge in [0, 0.05) is 11.1 Å². The van der Waals surface area contributed by atoms with E-state index in [4.69, 9.17) is 9.26 Å². The molecule has 1 N–H and O–H groups in total. The van der Waals surface area contributed by atoms with E-state index >= 15 is 0 Å². The lowest BCUT2D eigenvalue weighted by Gasteiger charge is -2.06. The van der Waals surface area contributed by atoms with Crippen molar-refractivity contribution >= 4 is 28.5 Å². The van der Waals surface area contributed by atoms with Gasteiger partial charge in [-0.2, -0.15) is 0 Å². The van der Waals surface area contributed by atoms with Crippen molar-refractivity contribution in [1.29, 1.82) is 0 Å². The molecule has 0 spiro atoms. The number of esters is 1. The standard InChI is InChI=1S/C20H20N2O4/c1-4-25-20(24)14-5-7-15(8-6-14)21-18(23)11-16-19-13(3)9-12(2)10-17(19)26-22-16/h5-10H,4,11H2,1-3H3,(H,21,23). The first-order valence-corrected chi connectivity index (χ1v) is 8.40. The number of carbonyl (C=O) groups is 2. The molecule has 0 bridgehead atoms. The first kappa shape index (κ1) is 17.7. The second-order valence-corrected chi connectivity index (χ2v) is 6.11. The van der Waals surface area contributed by atoms with Crippen LogP contribution in [0.25, 0.3) is 11.0 Å². The van der Waals surface area contributed by atoms with Gasteiger partial charge in [0.05, 0.1) is 18.6 Å². The Bertz CT molecular complexity index is 958. The van der Waals surface area contributed by atoms with Gasteiger partial charge in [-0.3, -0.25) is 4.79 Å². The highest BCUT2D eigenvalue weighted by molar-refractivity contribution is 5.96. The number of aromatic nitrogens is 1. The van der Waals surface area contributed by atoms with Crippen LogP contribution in [0.15, 0.2) is 40.9 Å². The predicted molar refractivity (Wildman–Crippen MR) is 98.2 cm³/mol. The Balaban J connectivity index is 1.71. The summed E-state index contributed by atoms with van der Waals surface area (Å²) in [6, 6.07) is 10.5. The van der Waals surface area contributed by atoms with Crippen molar-refractivity contribution in [3.63, 3.8) is 0 Å². The lowest BCUT2D eigenvalue weighted by Crippen LogP contribution is -2.15. The zero-order chi connectivity index (χ0) is 18.7. The Morgan fingerprint density at radius 1 is 1.15 bits per heavy atom. The number of hydrogen-bond donors (Lipinski definition) is 1. The lowest BCUT2D eigenvalue weighted by molar-refractivity contribution is -0.115. The molecule has 0 radical (unpaired) electrons. The van der Waals surface area contributed by atoms with E-state index in [1.165, 1.54) is 0 Å². The number of benzene rings is 2. The van der Waals surface area contributed by atoms with Crippen LogP contribution in [0, 0.1) is 13.8 Å². The first-order chi connectivity index (χ1) is 12.5. The average molecular weight is 352 g/mol. The molecule has 0 saturated heterocycles. The molecule has 0 aliphatic carbocycles. The number of anilines is 1. The summed E-state index contributed by atoms with van der Waals surface area (Å²) < 4.78 is 10.3. The molecular formula is C20H20N2O4. The largest absolute Gasteiger partial charge is 0.462 e. The highest BCUT2D eigenvalue weighted by Crippen LogP contribution is 2.24. The maximum atomic E-state index is 12.3. The topological polar surface area (TPSA) is 81.4 Å². The summed E-state index contributed by atoms with van der Waals surface area (Å²) in [4.78, 5) is 24.0. The number of carbonyl (C=O) groups excluding carboxylic acids is 2. The minimum Gasteiger partial charge on any atom is -0.462 e. The number of nitrogens with one attached hydrogen (secondary N) is 1. The molecule has 0 unspecified atom stereocenters. The summed E-state index contributed by atoms with van der Waals surface area (Å²) in [5.41, 5.74) is 4.45. The monoisotopic (exact) mass is 352 g/mol. The zero-order valence-electron chi connectivity index (χ0n) is 15.0. The van der Waals surface area contributed by atoms with Crippen LogP contribution in [0.2, 0.25) is 0 Å². The number of amides is 1. The normalized spacial score (nSPS) is 10.7. The van der Waals surface area contributed by atoms with Crippen LogP contribution in [-0.4, -0.2) is 23.6 Å². The summed E-state index contributed by atoms with van der Waals surface area (Å²) in [5, 5.41) is 7.72. The Hall–Kier alpha value is -3.15. The van der Waals surface area contributed by atoms with Gasteiger partial charge in [-0.1, -0.05) is 11.2 Å². The maximum absolute atomic E-state index is 12.3. The highest BCUT2D eigenvalue weighted by atomic mass is 16.5. The molecule has 1 heterocycles. The van der Waals surface area contributed by atoms with Gasteiger partial charge in [-0.15, -0.1) is 0 Å². The molecule has 26 heavy (non-hydrogen) atoms. The van der Waals surface area contributed by atoms with Gasteiger partial charge in [-0.25, -0.2) is 4.79 Å². The number of nitrogens with zero attached hydrogens (tertiary/aromatic N) is 1. The predicted octanol–water partition coefficient (Wildman–Crippen LogP) is 3.80. The van der Waals surface area contributed by atoms with Gasteiger partial charge in [0.25, 0.3) is 0 Å². The second kappa shape index (κ2) is 7.39. The number of rotatable bonds is 5. The Kier molecular flexibility index (Phi) is 5.02. The third-order valence-electron chi connectivity index (χ3n) is 3.99. The van der Waals surface area contributed by atoms with E-state index in [9.17, 15) is 9.59 Å². The minimum absolute atomic E-state index is 0.108. The van der Waals surface area contributed by atoms with Gasteiger partial charge in [0.2, 0.25) is 5.91 Å². The second-order valence-electron chi connectivity index (χ2n) is 6.11. The van der Waals surface area contributed by atoms with E-state index in [2.05, 4.69) is 10.5 Å². The fraction of sp³-hybridized carbons (Fsp3) is 0.250. The maximum Gasteiger partial charge on any atom is 0.338 e. The molecule has 6 nitrogen and oxygen atoms in total. The van der Waals surface area contributed by atoms with Crippen molar-refractivity contribution < 1.29 is 18.8 Å². The molecule has 0 atom stereocenters. The Labute approximate surface area is 151 Å². The molecule has 0 aliphatic heterocycles. The van der Waals surface area contributed by atoms with Crippen molar-refractivity contribution in [2.75, 3.05) is 11.9 Å². The molecule has 134 valence electrons. The molecule has 1 amide bonds. The van der Waals surface area contributed by atoms with Crippen LogP contribution in [0.4, 0.5) is 5.69 Å². The van der Waals surface area contributed by atoms with Crippen LogP contribution >= 0.6 is 0 Å². The van der Waals surface area contributed by atoms with E-state index in [0.717, 1.165) is 16.5 Å². The molecule has 0 aliphatic rings. The summed E-state index contributed by atoms with van der Waals surface area (Å²) in [7, 11) is 0. The summed E-state index contributed by atoms with van der Waals surface area (Å²) in [6.07, 6.45) is 0.108. The van der Waals surface area contributed by atoms with E-state index in [-0.39, 0.29) is 18.3 Å². The summed E-state index contributed by atoms with van der Waals surface area (Å²) in [6.45, 7) is 6.04. The Morgan fingerprint density at radius 3 is 2.58 bits per heavy atom. The number of ether oxygens (including phenoxy) is 1. The molecule has 3 aromatic rings. The first-order valence-electron chi connectivity index (χ1n) is 8.40. The van der Waals surface area contributed by atoms with Crippen molar-refractivity contribution in [2.24, 2.45) is 0 Å². The third-order valence-corrected chi connectivity index (χ3v) is 3.99. The molecule has 0 saturated carbocycles. The van der Waals surface area contributed by atoms with Gasteiger partial charge < -0.3 is 14.6 Å². The Morgan fingerprint density at radius 2 is 1.88 bits per heavy atom. The van der Waals surface area contributed by atoms with E-state index in [1.54, 1.807) is 31.2 Å². The van der Waals surface area contributed by atoms with Crippen LogP contribution in [0.3, 0.4) is 0 Å². The average Bonchev–Trinajstić information content (AvgIpc) is 2.98. The summed E-state index contributed by atoms with van der Waals surface area (Å²) >= 11 is 0. The van der Waals surface area contributed by atoms with Crippen molar-refractivity contribution in [2.45, 2.75) is 27.2 Å². The molecule has 2 aromatic carbocycles. The smallest absolute Gasteiger partial charge is 0.338 e. The quantitative estimate of drug-likeness (QED) is 0.706. The SMILES string of the molecule is CCOC(=O)c1ccc(NC(=O)Cc2noc3cc(C)cc(C)c23)cc1. The number of fused-ring (bicyclic) bond motifs is 1. The van der Waals surface area contributed by atoms with E-state index in [0.29, 0.717) is 29.1 Å². The molecule has 6 heteroatoms. The lowest BCUT2D eigenvalue weighted by atomic mass is 10.0. The van der Waals surface area contributed by atoms with Gasteiger partial charge in [0.1, 0.15) is 5.69 Å². The van der Waals surface area contributed by atoms with Crippen LogP contribution in [-0.2, 0) is 16.0 Å². The zero-order valence-corrected chi connectivity index (χ0v) is 15.0. The van der Waals surface area contributed by atoms with Crippen molar-refractivity contribution in [1.82, 2.24) is 5.16 Å². The molecule has 3 rings (SSSR count). The fourth-order valence-electron chi connectivity index (χ4n) is 2.90. The van der Waals surface area contributed by atoms with Crippen LogP contribution < -0.4 is 5.32 Å². The number of aryl methyl sites for hydroxylation is 2. The fourth-order valence-corrected chi connectivity index (χ4v) is 2.90. The van der Waals surface area contributed by atoms with Gasteiger partial charge >= 0.3 is 5.97 Å². The third kappa shape index (κ3) is 3.74. The molecular weight excluding hydrogens is 332 g/mol. The minimum atomic E-state index is -0.384. The van der Waals surface area contributed by atoms with Gasteiger partial charge in [-0.05, 0) is 62.2 Å². The molecule has 0 fully saturated rings. The summed E-state index contributed by atoms with van der Waals surface area (Å²) in [5.74, 6) is -0.589. The van der Waals surface area contributed by atoms with Gasteiger partial charge in [0.15, 0.2) is 5.58 Å². The van der Waals surface area contributed by atoms with E-state index in [1.807, 2.05) is 26.0 Å². The highest BCUT2D eigenvalue weighted by Gasteiger charge is 2.15.